The molecule has 8 heteroatoms. The van der Waals surface area contributed by atoms with Gasteiger partial charge in [0.2, 0.25) is 0 Å². The molecule has 1 heterocycles. The molecule has 0 spiro atoms. The Bertz CT molecular complexity index is 942. The molecule has 0 atom stereocenters. The summed E-state index contributed by atoms with van der Waals surface area (Å²) >= 11 is 0. The number of nitrogens with one attached hydrogen (secondary N) is 2. The largest absolute Gasteiger partial charge is 0.399 e. The minimum atomic E-state index is -0.169. The average Bonchev–Trinajstić information content (AvgIpc) is 2.70. The number of hydrogen-bond donors (Lipinski definition) is 3. The van der Waals surface area contributed by atoms with Gasteiger partial charge in [-0.25, -0.2) is 9.97 Å². The second-order valence-corrected chi connectivity index (χ2v) is 5.46. The maximum atomic E-state index is 12.2. The van der Waals surface area contributed by atoms with E-state index in [-0.39, 0.29) is 11.7 Å². The second kappa shape index (κ2) is 8.43. The number of benzene rings is 2. The molecule has 1 amide bonds. The smallest absolute Gasteiger partial charge is 0.255 e. The maximum Gasteiger partial charge on any atom is 0.255 e. The third-order valence-corrected chi connectivity index (χ3v) is 3.64. The van der Waals surface area contributed by atoms with E-state index < -0.39 is 0 Å². The Morgan fingerprint density at radius 3 is 2.48 bits per heavy atom. The average molecular weight is 362 g/mol. The summed E-state index contributed by atoms with van der Waals surface area (Å²) in [5.74, 6) is 0.599. The predicted octanol–water partition coefficient (Wildman–Crippen LogP) is 3.04. The number of nitrogens with zero attached hydrogens (tertiary/aromatic N) is 3. The van der Waals surface area contributed by atoms with Gasteiger partial charge >= 0.3 is 0 Å². The van der Waals surface area contributed by atoms with Gasteiger partial charge in [-0.1, -0.05) is 23.4 Å². The summed E-state index contributed by atoms with van der Waals surface area (Å²) in [5, 5.41) is 9.70. The van der Waals surface area contributed by atoms with Crippen molar-refractivity contribution in [2.45, 2.75) is 0 Å². The van der Waals surface area contributed by atoms with Crippen LogP contribution in [0.1, 0.15) is 15.9 Å². The van der Waals surface area contributed by atoms with Crippen molar-refractivity contribution >= 4 is 35.1 Å². The Morgan fingerprint density at radius 2 is 1.78 bits per heavy atom. The lowest BCUT2D eigenvalue weighted by Gasteiger charge is -2.10. The van der Waals surface area contributed by atoms with Crippen LogP contribution in [0.15, 0.2) is 66.1 Å². The molecule has 136 valence electrons. The standard InChI is InChI=1S/C19H18N6O2/c1-27-23-11-16-17(20)21-12-22-18(16)24-14-7-9-15(10-8-14)25-19(26)13-5-3-2-4-6-13/h2-12H,1H3,(H,25,26)(H3,20,21,22,24). The van der Waals surface area contributed by atoms with Crippen LogP contribution >= 0.6 is 0 Å². The van der Waals surface area contributed by atoms with Gasteiger partial charge in [0, 0.05) is 16.9 Å². The van der Waals surface area contributed by atoms with Gasteiger partial charge < -0.3 is 21.2 Å². The van der Waals surface area contributed by atoms with Crippen molar-refractivity contribution in [2.75, 3.05) is 23.5 Å². The number of nitrogens with two attached hydrogens (primary N) is 1. The highest BCUT2D eigenvalue weighted by molar-refractivity contribution is 6.04. The molecule has 0 aliphatic heterocycles. The zero-order chi connectivity index (χ0) is 19.1. The molecule has 0 radical (unpaired) electrons. The van der Waals surface area contributed by atoms with Crippen LogP contribution in [0.5, 0.6) is 0 Å². The molecule has 0 saturated carbocycles. The number of oxime groups is 1. The molecule has 27 heavy (non-hydrogen) atoms. The molecule has 0 bridgehead atoms. The number of carbonyl (C=O) groups is 1. The summed E-state index contributed by atoms with van der Waals surface area (Å²) in [4.78, 5) is 25.0. The number of nitrogen functional groups attached to an aromatic ring is 1. The molecule has 0 saturated heterocycles. The van der Waals surface area contributed by atoms with Crippen LogP contribution in [0.4, 0.5) is 23.0 Å². The van der Waals surface area contributed by atoms with Crippen molar-refractivity contribution in [3.05, 3.63) is 72.1 Å². The van der Waals surface area contributed by atoms with Gasteiger partial charge in [0.05, 0.1) is 11.8 Å². The van der Waals surface area contributed by atoms with Crippen molar-refractivity contribution in [3.8, 4) is 0 Å². The van der Waals surface area contributed by atoms with Crippen molar-refractivity contribution in [2.24, 2.45) is 5.16 Å². The monoisotopic (exact) mass is 362 g/mol. The highest BCUT2D eigenvalue weighted by Crippen LogP contribution is 2.22. The first kappa shape index (κ1) is 17.9. The zero-order valence-corrected chi connectivity index (χ0v) is 14.6. The van der Waals surface area contributed by atoms with Gasteiger partial charge in [0.15, 0.2) is 0 Å². The second-order valence-electron chi connectivity index (χ2n) is 5.46. The minimum Gasteiger partial charge on any atom is -0.399 e. The first-order valence-electron chi connectivity index (χ1n) is 8.08. The summed E-state index contributed by atoms with van der Waals surface area (Å²) in [6.45, 7) is 0. The molecule has 3 rings (SSSR count). The van der Waals surface area contributed by atoms with Gasteiger partial charge in [-0.3, -0.25) is 4.79 Å². The zero-order valence-electron chi connectivity index (χ0n) is 14.6. The molecule has 8 nitrogen and oxygen atoms in total. The van der Waals surface area contributed by atoms with Gasteiger partial charge in [-0.05, 0) is 36.4 Å². The highest BCUT2D eigenvalue weighted by Gasteiger charge is 2.09. The fraction of sp³-hybridized carbons (Fsp3) is 0.0526. The van der Waals surface area contributed by atoms with Gasteiger partial charge in [0.1, 0.15) is 25.1 Å². The van der Waals surface area contributed by atoms with Crippen molar-refractivity contribution in [1.29, 1.82) is 0 Å². The van der Waals surface area contributed by atoms with E-state index >= 15 is 0 Å². The quantitative estimate of drug-likeness (QED) is 0.459. The van der Waals surface area contributed by atoms with Crippen LogP contribution in [0.3, 0.4) is 0 Å². The van der Waals surface area contributed by atoms with E-state index in [1.54, 1.807) is 24.3 Å². The van der Waals surface area contributed by atoms with Crippen molar-refractivity contribution < 1.29 is 9.63 Å². The third-order valence-electron chi connectivity index (χ3n) is 3.64. The number of anilines is 4. The van der Waals surface area contributed by atoms with Crippen LogP contribution in [0.25, 0.3) is 0 Å². The molecule has 0 aliphatic carbocycles. The SMILES string of the molecule is CON=Cc1c(N)ncnc1Nc1ccc(NC(=O)c2ccccc2)cc1. The number of hydrogen-bond acceptors (Lipinski definition) is 7. The van der Waals surface area contributed by atoms with Crippen LogP contribution in [-0.4, -0.2) is 29.2 Å². The van der Waals surface area contributed by atoms with E-state index in [0.29, 0.717) is 22.6 Å². The fourth-order valence-corrected chi connectivity index (χ4v) is 2.31. The summed E-state index contributed by atoms with van der Waals surface area (Å²) < 4.78 is 0. The van der Waals surface area contributed by atoms with E-state index in [2.05, 4.69) is 30.6 Å². The number of rotatable bonds is 6. The third kappa shape index (κ3) is 4.57. The minimum absolute atomic E-state index is 0.169. The Labute approximate surface area is 156 Å². The van der Waals surface area contributed by atoms with Gasteiger partial charge in [-0.15, -0.1) is 0 Å². The van der Waals surface area contributed by atoms with E-state index in [1.807, 2.05) is 30.3 Å². The Hall–Kier alpha value is -3.94. The number of aromatic nitrogens is 2. The lowest BCUT2D eigenvalue weighted by atomic mass is 10.2. The molecule has 0 unspecified atom stereocenters. The summed E-state index contributed by atoms with van der Waals surface area (Å²) in [7, 11) is 1.44. The highest BCUT2D eigenvalue weighted by atomic mass is 16.6. The van der Waals surface area contributed by atoms with Gasteiger partial charge in [0.25, 0.3) is 5.91 Å². The number of amides is 1. The summed E-state index contributed by atoms with van der Waals surface area (Å²) in [6, 6.07) is 16.2. The van der Waals surface area contributed by atoms with Crippen molar-refractivity contribution in [3.63, 3.8) is 0 Å². The first-order chi connectivity index (χ1) is 13.2. The van der Waals surface area contributed by atoms with Crippen LogP contribution < -0.4 is 16.4 Å². The first-order valence-corrected chi connectivity index (χ1v) is 8.08. The molecule has 2 aromatic carbocycles. The lowest BCUT2D eigenvalue weighted by Crippen LogP contribution is -2.11. The maximum absolute atomic E-state index is 12.2. The van der Waals surface area contributed by atoms with Crippen LogP contribution in [0, 0.1) is 0 Å². The molecule has 4 N–H and O–H groups in total. The van der Waals surface area contributed by atoms with Gasteiger partial charge in [-0.2, -0.15) is 0 Å². The van der Waals surface area contributed by atoms with E-state index in [4.69, 9.17) is 5.73 Å². The summed E-state index contributed by atoms with van der Waals surface area (Å²) in [6.07, 6.45) is 2.79. The van der Waals surface area contributed by atoms with E-state index in [0.717, 1.165) is 5.69 Å². The lowest BCUT2D eigenvalue weighted by molar-refractivity contribution is 0.102. The fourth-order valence-electron chi connectivity index (χ4n) is 2.31. The number of carbonyl (C=O) groups excluding carboxylic acids is 1. The normalized spacial score (nSPS) is 10.6. The van der Waals surface area contributed by atoms with E-state index in [9.17, 15) is 4.79 Å². The van der Waals surface area contributed by atoms with Crippen molar-refractivity contribution in [1.82, 2.24) is 9.97 Å². The predicted molar refractivity (Wildman–Crippen MR) is 105 cm³/mol. The molecule has 0 aliphatic rings. The Kier molecular flexibility index (Phi) is 5.58. The summed E-state index contributed by atoms with van der Waals surface area (Å²) in [5.41, 5.74) is 8.42. The molecule has 1 aromatic heterocycles. The Balaban J connectivity index is 1.72. The molecule has 3 aromatic rings. The topological polar surface area (TPSA) is 115 Å². The molecular formula is C19H18N6O2. The molecule has 0 fully saturated rings. The molecular weight excluding hydrogens is 344 g/mol. The van der Waals surface area contributed by atoms with E-state index in [1.165, 1.54) is 19.7 Å². The Morgan fingerprint density at radius 1 is 1.07 bits per heavy atom. The van der Waals surface area contributed by atoms with Crippen LogP contribution in [-0.2, 0) is 4.84 Å². The van der Waals surface area contributed by atoms with Crippen LogP contribution in [0.2, 0.25) is 0 Å².